The Morgan fingerprint density at radius 1 is 1.55 bits per heavy atom. The molecule has 2 rings (SSSR count). The van der Waals surface area contributed by atoms with Gasteiger partial charge in [0.2, 0.25) is 10.0 Å². The maximum absolute atomic E-state index is 14.1. The second-order valence-corrected chi connectivity index (χ2v) is 7.23. The molecule has 1 fully saturated rings. The van der Waals surface area contributed by atoms with E-state index in [4.69, 9.17) is 9.84 Å². The van der Waals surface area contributed by atoms with Crippen LogP contribution in [0.15, 0.2) is 21.5 Å². The molecule has 0 bridgehead atoms. The first-order chi connectivity index (χ1) is 9.35. The summed E-state index contributed by atoms with van der Waals surface area (Å²) in [5, 5.41) is 9.06. The average molecular weight is 368 g/mol. The van der Waals surface area contributed by atoms with Crippen molar-refractivity contribution < 1.29 is 22.7 Å². The summed E-state index contributed by atoms with van der Waals surface area (Å²) < 4.78 is 46.7. The van der Waals surface area contributed by atoms with Crippen LogP contribution in [0.3, 0.4) is 0 Å². The van der Waals surface area contributed by atoms with Crippen LogP contribution in [-0.2, 0) is 21.4 Å². The molecule has 0 spiro atoms. The van der Waals surface area contributed by atoms with Crippen molar-refractivity contribution in [2.75, 3.05) is 6.61 Å². The zero-order chi connectivity index (χ0) is 14.9. The van der Waals surface area contributed by atoms with Crippen molar-refractivity contribution in [3.8, 4) is 0 Å². The monoisotopic (exact) mass is 367 g/mol. The minimum Gasteiger partial charge on any atom is -0.392 e. The van der Waals surface area contributed by atoms with Crippen molar-refractivity contribution in [1.82, 2.24) is 4.72 Å². The molecule has 5 nitrogen and oxygen atoms in total. The predicted molar refractivity (Wildman–Crippen MR) is 74.2 cm³/mol. The molecule has 112 valence electrons. The Kier molecular flexibility index (Phi) is 4.80. The molecule has 0 aliphatic carbocycles. The Hall–Kier alpha value is -0.540. The number of hydrogen-bond acceptors (Lipinski definition) is 4. The highest BCUT2D eigenvalue weighted by Crippen LogP contribution is 2.25. The van der Waals surface area contributed by atoms with Gasteiger partial charge in [0, 0.05) is 16.6 Å². The lowest BCUT2D eigenvalue weighted by molar-refractivity contribution is 0.117. The third kappa shape index (κ3) is 3.20. The van der Waals surface area contributed by atoms with Gasteiger partial charge in [0.05, 0.1) is 18.8 Å². The fourth-order valence-electron chi connectivity index (χ4n) is 2.08. The van der Waals surface area contributed by atoms with Crippen molar-refractivity contribution in [3.63, 3.8) is 0 Å². The molecule has 0 amide bonds. The van der Waals surface area contributed by atoms with Crippen LogP contribution in [0.25, 0.3) is 0 Å². The molecule has 1 aliphatic heterocycles. The van der Waals surface area contributed by atoms with Gasteiger partial charge < -0.3 is 9.84 Å². The molecule has 1 aromatic carbocycles. The van der Waals surface area contributed by atoms with E-state index in [0.29, 0.717) is 17.5 Å². The SMILES string of the molecule is CC1OCCC1NS(=O)(=O)c1cc(Br)cc(CO)c1F. The van der Waals surface area contributed by atoms with Gasteiger partial charge in [-0.15, -0.1) is 0 Å². The third-order valence-corrected chi connectivity index (χ3v) is 5.17. The molecule has 2 N–H and O–H groups in total. The van der Waals surface area contributed by atoms with E-state index in [-0.39, 0.29) is 17.7 Å². The van der Waals surface area contributed by atoms with Crippen molar-refractivity contribution in [2.24, 2.45) is 0 Å². The Morgan fingerprint density at radius 2 is 2.25 bits per heavy atom. The quantitative estimate of drug-likeness (QED) is 0.846. The first-order valence-corrected chi connectivity index (χ1v) is 8.35. The summed E-state index contributed by atoms with van der Waals surface area (Å²) >= 11 is 3.11. The number of ether oxygens (including phenoxy) is 1. The zero-order valence-electron chi connectivity index (χ0n) is 10.8. The lowest BCUT2D eigenvalue weighted by atomic mass is 10.2. The van der Waals surface area contributed by atoms with E-state index in [1.54, 1.807) is 6.92 Å². The molecule has 1 saturated heterocycles. The Labute approximate surface area is 125 Å². The fraction of sp³-hybridized carbons (Fsp3) is 0.500. The maximum Gasteiger partial charge on any atom is 0.243 e. The first kappa shape index (κ1) is 15.8. The summed E-state index contributed by atoms with van der Waals surface area (Å²) in [5.74, 6) is -0.935. The summed E-state index contributed by atoms with van der Waals surface area (Å²) in [6.07, 6.45) is 0.292. The second kappa shape index (κ2) is 6.07. The molecule has 8 heteroatoms. The minimum absolute atomic E-state index is 0.0736. The number of sulfonamides is 1. The molecule has 2 unspecified atom stereocenters. The molecule has 0 aromatic heterocycles. The van der Waals surface area contributed by atoms with Gasteiger partial charge in [-0.05, 0) is 25.5 Å². The highest BCUT2D eigenvalue weighted by Gasteiger charge is 2.31. The van der Waals surface area contributed by atoms with E-state index in [2.05, 4.69) is 20.7 Å². The molecular formula is C12H15BrFNO4S. The topological polar surface area (TPSA) is 75.6 Å². The normalized spacial score (nSPS) is 23.2. The van der Waals surface area contributed by atoms with Gasteiger partial charge in [0.15, 0.2) is 0 Å². The lowest BCUT2D eigenvalue weighted by Gasteiger charge is -2.17. The number of nitrogens with one attached hydrogen (secondary N) is 1. The van der Waals surface area contributed by atoms with Crippen LogP contribution in [0, 0.1) is 5.82 Å². The van der Waals surface area contributed by atoms with Gasteiger partial charge >= 0.3 is 0 Å². The highest BCUT2D eigenvalue weighted by molar-refractivity contribution is 9.10. The molecular weight excluding hydrogens is 353 g/mol. The van der Waals surface area contributed by atoms with Crippen LogP contribution in [0.2, 0.25) is 0 Å². The van der Waals surface area contributed by atoms with Crippen molar-refractivity contribution >= 4 is 26.0 Å². The van der Waals surface area contributed by atoms with Crippen LogP contribution >= 0.6 is 15.9 Å². The number of halogens is 2. The smallest absolute Gasteiger partial charge is 0.243 e. The Balaban J connectivity index is 2.36. The summed E-state index contributed by atoms with van der Waals surface area (Å²) in [6.45, 7) is 1.66. The predicted octanol–water partition coefficient (Wildman–Crippen LogP) is 1.54. The number of benzene rings is 1. The summed E-state index contributed by atoms with van der Waals surface area (Å²) in [6, 6.07) is 2.14. The van der Waals surface area contributed by atoms with Gasteiger partial charge in [-0.25, -0.2) is 17.5 Å². The number of hydrogen-bond donors (Lipinski definition) is 2. The number of aliphatic hydroxyl groups excluding tert-OH is 1. The third-order valence-electron chi connectivity index (χ3n) is 3.22. The summed E-state index contributed by atoms with van der Waals surface area (Å²) in [7, 11) is -4.01. The molecule has 1 aliphatic rings. The molecule has 0 saturated carbocycles. The van der Waals surface area contributed by atoms with E-state index in [1.807, 2.05) is 0 Å². The van der Waals surface area contributed by atoms with Crippen LogP contribution in [0.4, 0.5) is 4.39 Å². The first-order valence-electron chi connectivity index (χ1n) is 6.08. The summed E-state index contributed by atoms with van der Waals surface area (Å²) in [4.78, 5) is -0.477. The maximum atomic E-state index is 14.1. The van der Waals surface area contributed by atoms with Crippen molar-refractivity contribution in [2.45, 2.75) is 37.0 Å². The second-order valence-electron chi connectivity index (χ2n) is 4.63. The Morgan fingerprint density at radius 3 is 2.80 bits per heavy atom. The van der Waals surface area contributed by atoms with Crippen LogP contribution in [0.1, 0.15) is 18.9 Å². The van der Waals surface area contributed by atoms with Crippen LogP contribution < -0.4 is 4.72 Å². The van der Waals surface area contributed by atoms with E-state index < -0.39 is 27.3 Å². The van der Waals surface area contributed by atoms with Gasteiger partial charge in [-0.1, -0.05) is 15.9 Å². The van der Waals surface area contributed by atoms with Gasteiger partial charge in [0.1, 0.15) is 10.7 Å². The highest BCUT2D eigenvalue weighted by atomic mass is 79.9. The largest absolute Gasteiger partial charge is 0.392 e. The molecule has 20 heavy (non-hydrogen) atoms. The number of aliphatic hydroxyl groups is 1. The Bertz CT molecular complexity index is 608. The van der Waals surface area contributed by atoms with Crippen LogP contribution in [0.5, 0.6) is 0 Å². The lowest BCUT2D eigenvalue weighted by Crippen LogP contribution is -2.39. The van der Waals surface area contributed by atoms with Crippen LogP contribution in [-0.4, -0.2) is 32.3 Å². The molecule has 1 aromatic rings. The summed E-state index contributed by atoms with van der Waals surface area (Å²) in [5.41, 5.74) is -0.0736. The zero-order valence-corrected chi connectivity index (χ0v) is 13.2. The molecule has 0 radical (unpaired) electrons. The minimum atomic E-state index is -4.01. The van der Waals surface area contributed by atoms with E-state index >= 15 is 0 Å². The standard InChI is InChI=1S/C12H15BrFNO4S/c1-7-10(2-3-19-7)15-20(17,18)11-5-9(13)4-8(6-16)12(11)14/h4-5,7,10,15-16H,2-3,6H2,1H3. The van der Waals surface area contributed by atoms with Gasteiger partial charge in [-0.2, -0.15) is 0 Å². The average Bonchev–Trinajstić information content (AvgIpc) is 2.76. The number of rotatable bonds is 4. The molecule has 1 heterocycles. The molecule has 2 atom stereocenters. The van der Waals surface area contributed by atoms with Gasteiger partial charge in [0.25, 0.3) is 0 Å². The van der Waals surface area contributed by atoms with Crippen molar-refractivity contribution in [3.05, 3.63) is 28.0 Å². The van der Waals surface area contributed by atoms with Gasteiger partial charge in [-0.3, -0.25) is 0 Å². The fourth-order valence-corrected chi connectivity index (χ4v) is 4.22. The van der Waals surface area contributed by atoms with Crippen molar-refractivity contribution in [1.29, 1.82) is 0 Å². The van der Waals surface area contributed by atoms with E-state index in [9.17, 15) is 12.8 Å². The van der Waals surface area contributed by atoms with E-state index in [0.717, 1.165) is 0 Å². The van der Waals surface area contributed by atoms with E-state index in [1.165, 1.54) is 12.1 Å².